The Morgan fingerprint density at radius 3 is 2.14 bits per heavy atom. The molecular formula is C13H21N. The highest BCUT2D eigenvalue weighted by Crippen LogP contribution is 2.16. The van der Waals surface area contributed by atoms with Crippen LogP contribution in [-0.4, -0.2) is 13.1 Å². The SMILES string of the molecule is CCCc1ccc(N(C)C(C)C)cc1. The van der Waals surface area contributed by atoms with Crippen molar-refractivity contribution in [3.63, 3.8) is 0 Å². The summed E-state index contributed by atoms with van der Waals surface area (Å²) < 4.78 is 0. The molecule has 0 bridgehead atoms. The summed E-state index contributed by atoms with van der Waals surface area (Å²) in [6.45, 7) is 6.63. The van der Waals surface area contributed by atoms with Gasteiger partial charge in [-0.05, 0) is 38.0 Å². The molecule has 14 heavy (non-hydrogen) atoms. The van der Waals surface area contributed by atoms with Crippen LogP contribution in [0.25, 0.3) is 0 Å². The molecule has 0 aliphatic heterocycles. The summed E-state index contributed by atoms with van der Waals surface area (Å²) in [5, 5.41) is 0. The van der Waals surface area contributed by atoms with Crippen LogP contribution in [0.3, 0.4) is 0 Å². The van der Waals surface area contributed by atoms with Crippen molar-refractivity contribution < 1.29 is 0 Å². The Balaban J connectivity index is 2.72. The van der Waals surface area contributed by atoms with Crippen molar-refractivity contribution in [1.82, 2.24) is 0 Å². The molecule has 0 fully saturated rings. The fourth-order valence-corrected chi connectivity index (χ4v) is 1.48. The minimum absolute atomic E-state index is 0.562. The van der Waals surface area contributed by atoms with E-state index < -0.39 is 0 Å². The highest BCUT2D eigenvalue weighted by Gasteiger charge is 2.03. The van der Waals surface area contributed by atoms with Gasteiger partial charge in [-0.15, -0.1) is 0 Å². The Hall–Kier alpha value is -0.980. The number of nitrogens with zero attached hydrogens (tertiary/aromatic N) is 1. The lowest BCUT2D eigenvalue weighted by molar-refractivity contribution is 0.754. The van der Waals surface area contributed by atoms with Gasteiger partial charge in [0.25, 0.3) is 0 Å². The highest BCUT2D eigenvalue weighted by atomic mass is 15.1. The molecule has 0 aliphatic carbocycles. The van der Waals surface area contributed by atoms with Crippen molar-refractivity contribution in [3.8, 4) is 0 Å². The molecule has 0 aliphatic rings. The van der Waals surface area contributed by atoms with Gasteiger partial charge in [-0.1, -0.05) is 25.5 Å². The largest absolute Gasteiger partial charge is 0.372 e. The molecule has 78 valence electrons. The highest BCUT2D eigenvalue weighted by molar-refractivity contribution is 5.47. The summed E-state index contributed by atoms with van der Waals surface area (Å²) in [7, 11) is 2.14. The summed E-state index contributed by atoms with van der Waals surface area (Å²) in [4.78, 5) is 2.29. The Labute approximate surface area is 87.7 Å². The molecule has 1 heteroatoms. The van der Waals surface area contributed by atoms with Crippen LogP contribution in [0, 0.1) is 0 Å². The second-order valence-corrected chi connectivity index (χ2v) is 4.12. The van der Waals surface area contributed by atoms with E-state index >= 15 is 0 Å². The smallest absolute Gasteiger partial charge is 0.0366 e. The summed E-state index contributed by atoms with van der Waals surface area (Å²) in [6, 6.07) is 9.46. The molecule has 0 radical (unpaired) electrons. The average molecular weight is 191 g/mol. The molecule has 1 aromatic carbocycles. The molecule has 0 atom stereocenters. The zero-order chi connectivity index (χ0) is 10.6. The van der Waals surface area contributed by atoms with Crippen molar-refractivity contribution in [2.75, 3.05) is 11.9 Å². The van der Waals surface area contributed by atoms with Crippen molar-refractivity contribution in [2.24, 2.45) is 0 Å². The average Bonchev–Trinajstić information content (AvgIpc) is 2.18. The van der Waals surface area contributed by atoms with Crippen molar-refractivity contribution in [2.45, 2.75) is 39.7 Å². The fourth-order valence-electron chi connectivity index (χ4n) is 1.48. The summed E-state index contributed by atoms with van der Waals surface area (Å²) in [5.74, 6) is 0. The van der Waals surface area contributed by atoms with E-state index in [-0.39, 0.29) is 0 Å². The van der Waals surface area contributed by atoms with Gasteiger partial charge >= 0.3 is 0 Å². The lowest BCUT2D eigenvalue weighted by atomic mass is 10.1. The number of hydrogen-bond acceptors (Lipinski definition) is 1. The van der Waals surface area contributed by atoms with E-state index in [1.165, 1.54) is 24.1 Å². The minimum atomic E-state index is 0.562. The normalized spacial score (nSPS) is 10.6. The third-order valence-corrected chi connectivity index (χ3v) is 2.66. The van der Waals surface area contributed by atoms with E-state index in [1.807, 2.05) is 0 Å². The molecule has 1 aromatic rings. The molecule has 1 nitrogen and oxygen atoms in total. The van der Waals surface area contributed by atoms with Crippen LogP contribution < -0.4 is 4.90 Å². The van der Waals surface area contributed by atoms with E-state index in [2.05, 4.69) is 57.0 Å². The van der Waals surface area contributed by atoms with E-state index in [1.54, 1.807) is 0 Å². The molecule has 0 heterocycles. The van der Waals surface area contributed by atoms with Crippen LogP contribution in [0.2, 0.25) is 0 Å². The number of anilines is 1. The molecule has 0 amide bonds. The van der Waals surface area contributed by atoms with E-state index in [4.69, 9.17) is 0 Å². The van der Waals surface area contributed by atoms with Gasteiger partial charge in [0.15, 0.2) is 0 Å². The van der Waals surface area contributed by atoms with Gasteiger partial charge in [0.2, 0.25) is 0 Å². The first-order valence-corrected chi connectivity index (χ1v) is 5.47. The molecule has 0 N–H and O–H groups in total. The van der Waals surface area contributed by atoms with Gasteiger partial charge in [-0.3, -0.25) is 0 Å². The van der Waals surface area contributed by atoms with E-state index in [0.29, 0.717) is 6.04 Å². The van der Waals surface area contributed by atoms with Crippen molar-refractivity contribution in [3.05, 3.63) is 29.8 Å². The number of rotatable bonds is 4. The van der Waals surface area contributed by atoms with Gasteiger partial charge < -0.3 is 4.90 Å². The van der Waals surface area contributed by atoms with Gasteiger partial charge in [-0.2, -0.15) is 0 Å². The number of aryl methyl sites for hydroxylation is 1. The van der Waals surface area contributed by atoms with Crippen molar-refractivity contribution in [1.29, 1.82) is 0 Å². The Morgan fingerprint density at radius 1 is 1.14 bits per heavy atom. The molecule has 0 unspecified atom stereocenters. The molecule has 0 saturated carbocycles. The van der Waals surface area contributed by atoms with E-state index in [9.17, 15) is 0 Å². The zero-order valence-corrected chi connectivity index (χ0v) is 9.75. The predicted octanol–water partition coefficient (Wildman–Crippen LogP) is 3.48. The van der Waals surface area contributed by atoms with Crippen molar-refractivity contribution >= 4 is 5.69 Å². The Kier molecular flexibility index (Phi) is 3.99. The zero-order valence-electron chi connectivity index (χ0n) is 9.75. The lowest BCUT2D eigenvalue weighted by Gasteiger charge is -2.23. The third-order valence-electron chi connectivity index (χ3n) is 2.66. The van der Waals surface area contributed by atoms with Gasteiger partial charge in [-0.25, -0.2) is 0 Å². The van der Waals surface area contributed by atoms with E-state index in [0.717, 1.165) is 0 Å². The first kappa shape index (κ1) is 11.1. The number of hydrogen-bond donors (Lipinski definition) is 0. The Bertz CT molecular complexity index is 261. The van der Waals surface area contributed by atoms with Crippen LogP contribution in [0.1, 0.15) is 32.8 Å². The Morgan fingerprint density at radius 2 is 1.71 bits per heavy atom. The van der Waals surface area contributed by atoms with Gasteiger partial charge in [0.05, 0.1) is 0 Å². The second kappa shape index (κ2) is 5.04. The van der Waals surface area contributed by atoms with Crippen LogP contribution >= 0.6 is 0 Å². The van der Waals surface area contributed by atoms with Gasteiger partial charge in [0.1, 0.15) is 0 Å². The third kappa shape index (κ3) is 2.76. The molecular weight excluding hydrogens is 170 g/mol. The lowest BCUT2D eigenvalue weighted by Crippen LogP contribution is -2.25. The maximum atomic E-state index is 2.29. The maximum absolute atomic E-state index is 2.29. The van der Waals surface area contributed by atoms with Gasteiger partial charge in [0, 0.05) is 18.8 Å². The monoisotopic (exact) mass is 191 g/mol. The first-order valence-electron chi connectivity index (χ1n) is 5.47. The number of benzene rings is 1. The summed E-state index contributed by atoms with van der Waals surface area (Å²) in [5.41, 5.74) is 2.74. The quantitative estimate of drug-likeness (QED) is 0.704. The van der Waals surface area contributed by atoms with Crippen LogP contribution in [0.4, 0.5) is 5.69 Å². The molecule has 1 rings (SSSR count). The fraction of sp³-hybridized carbons (Fsp3) is 0.538. The standard InChI is InChI=1S/C13H21N/c1-5-6-12-7-9-13(10-8-12)14(4)11(2)3/h7-11H,5-6H2,1-4H3. The maximum Gasteiger partial charge on any atom is 0.0366 e. The van der Waals surface area contributed by atoms with Crippen LogP contribution in [-0.2, 0) is 6.42 Å². The molecule has 0 spiro atoms. The summed E-state index contributed by atoms with van der Waals surface area (Å²) in [6.07, 6.45) is 2.41. The first-order chi connectivity index (χ1) is 6.65. The molecule has 0 aromatic heterocycles. The molecule has 0 saturated heterocycles. The predicted molar refractivity (Wildman–Crippen MR) is 64.0 cm³/mol. The van der Waals surface area contributed by atoms with Crippen LogP contribution in [0.15, 0.2) is 24.3 Å². The summed E-state index contributed by atoms with van der Waals surface area (Å²) >= 11 is 0. The minimum Gasteiger partial charge on any atom is -0.372 e. The second-order valence-electron chi connectivity index (χ2n) is 4.12. The van der Waals surface area contributed by atoms with Crippen LogP contribution in [0.5, 0.6) is 0 Å². The topological polar surface area (TPSA) is 3.24 Å².